The normalized spacial score (nSPS) is 27.4. The van der Waals surface area contributed by atoms with Gasteiger partial charge in [-0.05, 0) is 30.8 Å². The monoisotopic (exact) mass is 390 g/mol. The Morgan fingerprint density at radius 1 is 1.07 bits per heavy atom. The fraction of sp³-hybridized carbons (Fsp3) is 0.632. The van der Waals surface area contributed by atoms with Gasteiger partial charge in [0.1, 0.15) is 0 Å². The van der Waals surface area contributed by atoms with Crippen molar-refractivity contribution in [2.45, 2.75) is 12.5 Å². The summed E-state index contributed by atoms with van der Waals surface area (Å²) >= 11 is 5.39. The number of allylic oxidation sites excluding steroid dienone is 1. The molecule has 0 aromatic carbocycles. The molecule has 0 saturated carbocycles. The van der Waals surface area contributed by atoms with E-state index in [0.29, 0.717) is 22.9 Å². The Morgan fingerprint density at radius 3 is 2.52 bits per heavy atom. The second-order valence-electron chi connectivity index (χ2n) is 7.12. The average Bonchev–Trinajstić information content (AvgIpc) is 2.72. The molecule has 4 rings (SSSR count). The van der Waals surface area contributed by atoms with E-state index in [1.165, 1.54) is 0 Å². The number of carbonyl (C=O) groups excluding carboxylic acids is 1. The van der Waals surface area contributed by atoms with Crippen LogP contribution in [-0.4, -0.2) is 103 Å². The molecule has 0 radical (unpaired) electrons. The van der Waals surface area contributed by atoms with Gasteiger partial charge in [0, 0.05) is 45.3 Å². The van der Waals surface area contributed by atoms with Gasteiger partial charge in [-0.25, -0.2) is 4.99 Å². The van der Waals surface area contributed by atoms with Crippen LogP contribution in [0.5, 0.6) is 0 Å². The third kappa shape index (κ3) is 4.35. The van der Waals surface area contributed by atoms with E-state index in [1.54, 1.807) is 4.90 Å². The zero-order valence-electron chi connectivity index (χ0n) is 15.5. The van der Waals surface area contributed by atoms with Crippen molar-refractivity contribution in [2.24, 2.45) is 4.99 Å². The lowest BCUT2D eigenvalue weighted by Gasteiger charge is -2.35. The number of ether oxygens (including phenoxy) is 2. The smallest absolute Gasteiger partial charge is 0.262 e. The summed E-state index contributed by atoms with van der Waals surface area (Å²) in [5.74, 6) is -0.0189. The Labute approximate surface area is 165 Å². The summed E-state index contributed by atoms with van der Waals surface area (Å²) in [5, 5.41) is 0.378. The quantitative estimate of drug-likeness (QED) is 0.637. The van der Waals surface area contributed by atoms with Gasteiger partial charge in [-0.2, -0.15) is 0 Å². The molecule has 0 bridgehead atoms. The number of hydrogen-bond donors (Lipinski definition) is 0. The van der Waals surface area contributed by atoms with E-state index in [9.17, 15) is 4.79 Å². The molecule has 4 aliphatic rings. The molecule has 3 heterocycles. The molecule has 1 aliphatic carbocycles. The Kier molecular flexibility index (Phi) is 6.09. The van der Waals surface area contributed by atoms with E-state index in [0.717, 1.165) is 65.6 Å². The van der Waals surface area contributed by atoms with Crippen molar-refractivity contribution in [1.29, 1.82) is 0 Å². The van der Waals surface area contributed by atoms with Crippen LogP contribution in [-0.2, 0) is 14.3 Å². The van der Waals surface area contributed by atoms with Gasteiger partial charge < -0.3 is 9.47 Å². The molecule has 8 heteroatoms. The summed E-state index contributed by atoms with van der Waals surface area (Å²) in [5.41, 5.74) is 1.37. The third-order valence-electron chi connectivity index (χ3n) is 5.41. The van der Waals surface area contributed by atoms with E-state index in [1.807, 2.05) is 12.2 Å². The standard InChI is InChI=1S/C19H26N4O3S/c24-18-16-14-15(22-8-12-26-13-9-22)2-3-17(16)20-19(27)23(18)5-1-4-21-6-10-25-11-7-21/h2-3,14-15H,1,4-13H2. The van der Waals surface area contributed by atoms with Crippen LogP contribution >= 0.6 is 12.2 Å². The molecule has 1 unspecified atom stereocenters. The van der Waals surface area contributed by atoms with Crippen molar-refractivity contribution in [2.75, 3.05) is 65.7 Å². The molecule has 146 valence electrons. The van der Waals surface area contributed by atoms with E-state index in [2.05, 4.69) is 20.9 Å². The zero-order chi connectivity index (χ0) is 18.6. The Balaban J connectivity index is 1.40. The first-order valence-electron chi connectivity index (χ1n) is 9.69. The number of carbonyl (C=O) groups is 1. The molecule has 0 N–H and O–H groups in total. The molecule has 3 aliphatic heterocycles. The molecule has 1 atom stereocenters. The van der Waals surface area contributed by atoms with E-state index in [4.69, 9.17) is 21.7 Å². The van der Waals surface area contributed by atoms with Gasteiger partial charge in [-0.15, -0.1) is 0 Å². The highest BCUT2D eigenvalue weighted by molar-refractivity contribution is 7.80. The first kappa shape index (κ1) is 18.9. The molecule has 27 heavy (non-hydrogen) atoms. The highest BCUT2D eigenvalue weighted by Crippen LogP contribution is 2.22. The van der Waals surface area contributed by atoms with Crippen LogP contribution in [0.15, 0.2) is 28.8 Å². The minimum Gasteiger partial charge on any atom is -0.379 e. The summed E-state index contributed by atoms with van der Waals surface area (Å²) in [6.45, 7) is 8.27. The summed E-state index contributed by atoms with van der Waals surface area (Å²) < 4.78 is 10.8. The molecule has 0 spiro atoms. The van der Waals surface area contributed by atoms with Gasteiger partial charge in [-0.1, -0.05) is 6.08 Å². The van der Waals surface area contributed by atoms with Crippen molar-refractivity contribution in [1.82, 2.24) is 14.7 Å². The number of morpholine rings is 2. The number of amides is 1. The molecular weight excluding hydrogens is 364 g/mol. The van der Waals surface area contributed by atoms with E-state index in [-0.39, 0.29) is 11.9 Å². The summed E-state index contributed by atoms with van der Waals surface area (Å²) in [6.07, 6.45) is 6.94. The van der Waals surface area contributed by atoms with Gasteiger partial charge >= 0.3 is 0 Å². The number of hydrogen-bond acceptors (Lipinski definition) is 6. The van der Waals surface area contributed by atoms with E-state index >= 15 is 0 Å². The van der Waals surface area contributed by atoms with E-state index < -0.39 is 0 Å². The first-order valence-corrected chi connectivity index (χ1v) is 10.1. The summed E-state index contributed by atoms with van der Waals surface area (Å²) in [4.78, 5) is 23.9. The predicted octanol–water partition coefficient (Wildman–Crippen LogP) is 0.474. The molecule has 2 saturated heterocycles. The van der Waals surface area contributed by atoms with Crippen LogP contribution in [0.1, 0.15) is 6.42 Å². The molecular formula is C19H26N4O3S. The number of thiocarbonyl (C=S) groups is 1. The van der Waals surface area contributed by atoms with Crippen LogP contribution < -0.4 is 0 Å². The zero-order valence-corrected chi connectivity index (χ0v) is 16.3. The molecule has 2 fully saturated rings. The number of fused-ring (bicyclic) bond motifs is 1. The maximum Gasteiger partial charge on any atom is 0.262 e. The SMILES string of the molecule is O=C1C2=CC(N3CCOCC3)C=CC2=NC(=S)N1CCCN1CCOCC1. The van der Waals surface area contributed by atoms with Crippen molar-refractivity contribution in [3.8, 4) is 0 Å². The maximum absolute atomic E-state index is 13.1. The van der Waals surface area contributed by atoms with Crippen molar-refractivity contribution >= 4 is 28.9 Å². The highest BCUT2D eigenvalue weighted by Gasteiger charge is 2.32. The molecule has 7 nitrogen and oxygen atoms in total. The second kappa shape index (κ2) is 8.70. The van der Waals surface area contributed by atoms with Gasteiger partial charge in [0.25, 0.3) is 5.91 Å². The van der Waals surface area contributed by atoms with Crippen LogP contribution in [0.3, 0.4) is 0 Å². The maximum atomic E-state index is 13.1. The van der Waals surface area contributed by atoms with Gasteiger partial charge in [0.05, 0.1) is 37.7 Å². The summed E-state index contributed by atoms with van der Waals surface area (Å²) in [7, 11) is 0. The number of aliphatic imine (C=N–C) groups is 1. The number of rotatable bonds is 5. The van der Waals surface area contributed by atoms with Gasteiger partial charge in [0.2, 0.25) is 5.11 Å². The Hall–Kier alpha value is -1.45. The molecule has 1 amide bonds. The molecule has 0 aromatic rings. The predicted molar refractivity (Wildman–Crippen MR) is 107 cm³/mol. The highest BCUT2D eigenvalue weighted by atomic mass is 32.1. The lowest BCUT2D eigenvalue weighted by molar-refractivity contribution is -0.123. The Bertz CT molecular complexity index is 678. The number of nitrogens with zero attached hydrogens (tertiary/aromatic N) is 4. The second-order valence-corrected chi connectivity index (χ2v) is 7.49. The minimum atomic E-state index is -0.0189. The Morgan fingerprint density at radius 2 is 1.78 bits per heavy atom. The first-order chi connectivity index (χ1) is 13.2. The van der Waals surface area contributed by atoms with Crippen LogP contribution in [0.2, 0.25) is 0 Å². The van der Waals surface area contributed by atoms with Crippen molar-refractivity contribution < 1.29 is 14.3 Å². The van der Waals surface area contributed by atoms with Crippen LogP contribution in [0.4, 0.5) is 0 Å². The third-order valence-corrected chi connectivity index (χ3v) is 5.73. The minimum absolute atomic E-state index is 0.0189. The van der Waals surface area contributed by atoms with Crippen molar-refractivity contribution in [3.05, 3.63) is 23.8 Å². The summed E-state index contributed by atoms with van der Waals surface area (Å²) in [6, 6.07) is 0.119. The van der Waals surface area contributed by atoms with Crippen LogP contribution in [0, 0.1) is 0 Å². The average molecular weight is 391 g/mol. The fourth-order valence-electron chi connectivity index (χ4n) is 3.84. The largest absolute Gasteiger partial charge is 0.379 e. The lowest BCUT2D eigenvalue weighted by Crippen LogP contribution is -2.47. The van der Waals surface area contributed by atoms with Crippen molar-refractivity contribution in [3.63, 3.8) is 0 Å². The van der Waals surface area contributed by atoms with Gasteiger partial charge in [-0.3, -0.25) is 19.5 Å². The lowest BCUT2D eigenvalue weighted by atomic mass is 9.97. The molecule has 0 aromatic heterocycles. The topological polar surface area (TPSA) is 57.6 Å². The fourth-order valence-corrected chi connectivity index (χ4v) is 4.11. The van der Waals surface area contributed by atoms with Gasteiger partial charge in [0.15, 0.2) is 0 Å². The van der Waals surface area contributed by atoms with Crippen LogP contribution in [0.25, 0.3) is 0 Å².